The van der Waals surface area contributed by atoms with Crippen LogP contribution in [0.15, 0.2) is 35.5 Å². The Morgan fingerprint density at radius 3 is 2.74 bits per heavy atom. The highest BCUT2D eigenvalue weighted by Gasteiger charge is 2.13. The molecule has 0 atom stereocenters. The Morgan fingerprint density at radius 2 is 2.00 bits per heavy atom. The van der Waals surface area contributed by atoms with Gasteiger partial charge in [0.1, 0.15) is 5.39 Å². The number of aromatic nitrogens is 4. The third-order valence-corrected chi connectivity index (χ3v) is 4.31. The van der Waals surface area contributed by atoms with Gasteiger partial charge in [-0.1, -0.05) is 26.0 Å². The van der Waals surface area contributed by atoms with Gasteiger partial charge in [-0.2, -0.15) is 5.10 Å². The Hall–Kier alpha value is -2.43. The molecule has 0 bridgehead atoms. The molecular formula is C18H22N4O. The van der Waals surface area contributed by atoms with Crippen LogP contribution in [0, 0.1) is 19.8 Å². The molecule has 0 saturated heterocycles. The third kappa shape index (κ3) is 2.79. The van der Waals surface area contributed by atoms with Gasteiger partial charge in [0.05, 0.1) is 18.2 Å². The van der Waals surface area contributed by atoms with Crippen LogP contribution in [0.5, 0.6) is 0 Å². The highest BCUT2D eigenvalue weighted by atomic mass is 16.1. The van der Waals surface area contributed by atoms with E-state index < -0.39 is 0 Å². The molecule has 5 heteroatoms. The van der Waals surface area contributed by atoms with E-state index in [1.807, 2.05) is 12.1 Å². The molecule has 0 aliphatic carbocycles. The van der Waals surface area contributed by atoms with Crippen LogP contribution in [0.2, 0.25) is 0 Å². The van der Waals surface area contributed by atoms with Crippen molar-refractivity contribution in [1.82, 2.24) is 19.3 Å². The summed E-state index contributed by atoms with van der Waals surface area (Å²) in [6, 6.07) is 6.06. The molecule has 1 aromatic carbocycles. The molecule has 120 valence electrons. The maximum Gasteiger partial charge on any atom is 0.264 e. The van der Waals surface area contributed by atoms with Gasteiger partial charge in [-0.05, 0) is 43.4 Å². The fourth-order valence-corrected chi connectivity index (χ4v) is 2.65. The van der Waals surface area contributed by atoms with Gasteiger partial charge in [0, 0.05) is 6.54 Å². The molecule has 3 rings (SSSR count). The van der Waals surface area contributed by atoms with Gasteiger partial charge in [-0.25, -0.2) is 9.67 Å². The molecule has 0 radical (unpaired) electrons. The Balaban J connectivity index is 2.10. The number of fused-ring (bicyclic) bond motifs is 1. The summed E-state index contributed by atoms with van der Waals surface area (Å²) in [6.45, 7) is 9.11. The maximum atomic E-state index is 12.6. The van der Waals surface area contributed by atoms with Gasteiger partial charge >= 0.3 is 0 Å². The minimum atomic E-state index is -0.0211. The lowest BCUT2D eigenvalue weighted by Crippen LogP contribution is -2.21. The first-order valence-electron chi connectivity index (χ1n) is 7.99. The molecule has 0 aliphatic heterocycles. The van der Waals surface area contributed by atoms with Crippen LogP contribution in [0.4, 0.5) is 0 Å². The van der Waals surface area contributed by atoms with Crippen LogP contribution < -0.4 is 5.56 Å². The SMILES string of the molecule is Cc1cccc(-n2ncc3c(=O)n(CCC(C)C)cnc32)c1C. The predicted molar refractivity (Wildman–Crippen MR) is 92.1 cm³/mol. The van der Waals surface area contributed by atoms with E-state index in [2.05, 4.69) is 43.8 Å². The van der Waals surface area contributed by atoms with Gasteiger partial charge in [0.2, 0.25) is 0 Å². The van der Waals surface area contributed by atoms with E-state index in [0.717, 1.165) is 17.7 Å². The van der Waals surface area contributed by atoms with Crippen molar-refractivity contribution in [2.45, 2.75) is 40.7 Å². The van der Waals surface area contributed by atoms with Crippen LogP contribution in [-0.4, -0.2) is 19.3 Å². The molecule has 0 spiro atoms. The second kappa shape index (κ2) is 5.99. The topological polar surface area (TPSA) is 52.7 Å². The smallest absolute Gasteiger partial charge is 0.264 e. The lowest BCUT2D eigenvalue weighted by Gasteiger charge is -2.10. The molecule has 2 heterocycles. The standard InChI is InChI=1S/C18H22N4O/c1-12(2)8-9-21-11-19-17-15(18(21)23)10-20-22(17)16-7-5-6-13(3)14(16)4/h5-7,10-12H,8-9H2,1-4H3. The third-order valence-electron chi connectivity index (χ3n) is 4.31. The number of hydrogen-bond donors (Lipinski definition) is 0. The fraction of sp³-hybridized carbons (Fsp3) is 0.389. The van der Waals surface area contributed by atoms with Gasteiger partial charge in [0.15, 0.2) is 5.65 Å². The van der Waals surface area contributed by atoms with Crippen molar-refractivity contribution < 1.29 is 0 Å². The minimum absolute atomic E-state index is 0.0211. The van der Waals surface area contributed by atoms with Crippen molar-refractivity contribution in [3.8, 4) is 5.69 Å². The zero-order chi connectivity index (χ0) is 16.6. The lowest BCUT2D eigenvalue weighted by molar-refractivity contribution is 0.506. The summed E-state index contributed by atoms with van der Waals surface area (Å²) in [4.78, 5) is 17.1. The quantitative estimate of drug-likeness (QED) is 0.743. The van der Waals surface area contributed by atoms with E-state index in [4.69, 9.17) is 0 Å². The minimum Gasteiger partial charge on any atom is -0.299 e. The van der Waals surface area contributed by atoms with Crippen molar-refractivity contribution in [3.05, 3.63) is 52.2 Å². The van der Waals surface area contributed by atoms with Crippen LogP contribution in [0.3, 0.4) is 0 Å². The number of nitrogens with zero attached hydrogens (tertiary/aromatic N) is 4. The lowest BCUT2D eigenvalue weighted by atomic mass is 10.1. The second-order valence-electron chi connectivity index (χ2n) is 6.44. The van der Waals surface area contributed by atoms with E-state index >= 15 is 0 Å². The largest absolute Gasteiger partial charge is 0.299 e. The Labute approximate surface area is 135 Å². The number of aryl methyl sites for hydroxylation is 2. The molecule has 0 saturated carbocycles. The molecule has 5 nitrogen and oxygen atoms in total. The predicted octanol–water partition coefficient (Wildman–Crippen LogP) is 3.25. The molecule has 0 N–H and O–H groups in total. The summed E-state index contributed by atoms with van der Waals surface area (Å²) in [5.74, 6) is 0.551. The van der Waals surface area contributed by atoms with Crippen molar-refractivity contribution in [1.29, 1.82) is 0 Å². The molecule has 0 fully saturated rings. The van der Waals surface area contributed by atoms with Crippen molar-refractivity contribution in [2.75, 3.05) is 0 Å². The van der Waals surface area contributed by atoms with Gasteiger partial charge in [0.25, 0.3) is 5.56 Å². The monoisotopic (exact) mass is 310 g/mol. The van der Waals surface area contributed by atoms with E-state index in [1.54, 1.807) is 21.8 Å². The van der Waals surface area contributed by atoms with Crippen LogP contribution in [-0.2, 0) is 6.54 Å². The van der Waals surface area contributed by atoms with Crippen LogP contribution in [0.1, 0.15) is 31.4 Å². The first kappa shape index (κ1) is 15.5. The average molecular weight is 310 g/mol. The molecular weight excluding hydrogens is 288 g/mol. The summed E-state index contributed by atoms with van der Waals surface area (Å²) in [5, 5.41) is 4.97. The Morgan fingerprint density at radius 1 is 1.22 bits per heavy atom. The first-order chi connectivity index (χ1) is 11.0. The second-order valence-corrected chi connectivity index (χ2v) is 6.44. The fourth-order valence-electron chi connectivity index (χ4n) is 2.65. The van der Waals surface area contributed by atoms with Crippen molar-refractivity contribution in [3.63, 3.8) is 0 Å². The number of benzene rings is 1. The number of hydrogen-bond acceptors (Lipinski definition) is 3. The first-order valence-corrected chi connectivity index (χ1v) is 7.99. The van der Waals surface area contributed by atoms with Crippen molar-refractivity contribution >= 4 is 11.0 Å². The van der Waals surface area contributed by atoms with Crippen molar-refractivity contribution in [2.24, 2.45) is 5.92 Å². The summed E-state index contributed by atoms with van der Waals surface area (Å²) >= 11 is 0. The van der Waals surface area contributed by atoms with Gasteiger partial charge < -0.3 is 0 Å². The van der Waals surface area contributed by atoms with E-state index in [9.17, 15) is 4.79 Å². The molecule has 0 unspecified atom stereocenters. The zero-order valence-corrected chi connectivity index (χ0v) is 14.1. The van der Waals surface area contributed by atoms with Gasteiger partial charge in [-0.15, -0.1) is 0 Å². The van der Waals surface area contributed by atoms with Crippen LogP contribution >= 0.6 is 0 Å². The Bertz CT molecular complexity index is 905. The molecule has 0 aliphatic rings. The summed E-state index contributed by atoms with van der Waals surface area (Å²) in [6.07, 6.45) is 4.22. The highest BCUT2D eigenvalue weighted by molar-refractivity contribution is 5.75. The zero-order valence-electron chi connectivity index (χ0n) is 14.1. The Kier molecular flexibility index (Phi) is 4.03. The summed E-state index contributed by atoms with van der Waals surface area (Å²) in [7, 11) is 0. The average Bonchev–Trinajstić information content (AvgIpc) is 2.94. The normalized spacial score (nSPS) is 11.5. The van der Waals surface area contributed by atoms with E-state index in [1.165, 1.54) is 5.56 Å². The summed E-state index contributed by atoms with van der Waals surface area (Å²) < 4.78 is 3.43. The summed E-state index contributed by atoms with van der Waals surface area (Å²) in [5.41, 5.74) is 3.89. The van der Waals surface area contributed by atoms with Gasteiger partial charge in [-0.3, -0.25) is 9.36 Å². The van der Waals surface area contributed by atoms with E-state index in [0.29, 0.717) is 23.5 Å². The molecule has 23 heavy (non-hydrogen) atoms. The molecule has 3 aromatic rings. The van der Waals surface area contributed by atoms with Crippen LogP contribution in [0.25, 0.3) is 16.7 Å². The maximum absolute atomic E-state index is 12.6. The molecule has 2 aromatic heterocycles. The van der Waals surface area contributed by atoms with E-state index in [-0.39, 0.29) is 5.56 Å². The number of rotatable bonds is 4. The molecule has 0 amide bonds. The highest BCUT2D eigenvalue weighted by Crippen LogP contribution is 2.20.